The number of morpholine rings is 1. The van der Waals surface area contributed by atoms with Gasteiger partial charge in [0.2, 0.25) is 0 Å². The number of carbonyl (C=O) groups excluding carboxylic acids is 1. The maximum Gasteiger partial charge on any atom is 0.411 e. The lowest BCUT2D eigenvalue weighted by Crippen LogP contribution is -2.38. The van der Waals surface area contributed by atoms with Crippen molar-refractivity contribution in [1.29, 1.82) is 0 Å². The zero-order valence-electron chi connectivity index (χ0n) is 13.8. The smallest absolute Gasteiger partial charge is 0.411 e. The largest absolute Gasteiger partial charge is 0.494 e. The maximum atomic E-state index is 11.7. The third-order valence-electron chi connectivity index (χ3n) is 3.61. The highest BCUT2D eigenvalue weighted by atomic mass is 16.5. The average Bonchev–Trinajstić information content (AvgIpc) is 2.58. The van der Waals surface area contributed by atoms with Gasteiger partial charge in [0.15, 0.2) is 0 Å². The summed E-state index contributed by atoms with van der Waals surface area (Å²) in [6.45, 7) is 7.24. The fourth-order valence-electron chi connectivity index (χ4n) is 2.21. The lowest BCUT2D eigenvalue weighted by molar-refractivity contribution is 0.0290. The van der Waals surface area contributed by atoms with Crippen molar-refractivity contribution >= 4 is 11.8 Å². The van der Waals surface area contributed by atoms with Crippen LogP contribution in [0, 0.1) is 0 Å². The van der Waals surface area contributed by atoms with E-state index in [0.717, 1.165) is 51.4 Å². The average molecular weight is 322 g/mol. The van der Waals surface area contributed by atoms with E-state index in [0.29, 0.717) is 18.9 Å². The molecule has 6 heteroatoms. The Labute approximate surface area is 137 Å². The van der Waals surface area contributed by atoms with E-state index in [2.05, 4.69) is 17.1 Å². The fourth-order valence-corrected chi connectivity index (χ4v) is 2.21. The highest BCUT2D eigenvalue weighted by Crippen LogP contribution is 2.16. The van der Waals surface area contributed by atoms with Gasteiger partial charge in [-0.25, -0.2) is 4.79 Å². The minimum absolute atomic E-state index is 0.379. The van der Waals surface area contributed by atoms with Crippen molar-refractivity contribution in [3.8, 4) is 5.75 Å². The Morgan fingerprint density at radius 3 is 2.65 bits per heavy atom. The van der Waals surface area contributed by atoms with Gasteiger partial charge in [0.25, 0.3) is 0 Å². The third-order valence-corrected chi connectivity index (χ3v) is 3.61. The number of nitrogens with zero attached hydrogens (tertiary/aromatic N) is 1. The van der Waals surface area contributed by atoms with Crippen LogP contribution in [0.1, 0.15) is 19.8 Å². The van der Waals surface area contributed by atoms with Crippen LogP contribution in [-0.4, -0.2) is 57.1 Å². The second-order valence-electron chi connectivity index (χ2n) is 5.44. The number of unbranched alkanes of at least 4 members (excludes halogenated alkanes) is 1. The Morgan fingerprint density at radius 1 is 1.22 bits per heavy atom. The second kappa shape index (κ2) is 10.1. The van der Waals surface area contributed by atoms with Crippen LogP contribution in [0.2, 0.25) is 0 Å². The Kier molecular flexibility index (Phi) is 7.69. The summed E-state index contributed by atoms with van der Waals surface area (Å²) in [7, 11) is 0. The van der Waals surface area contributed by atoms with Crippen molar-refractivity contribution in [3.63, 3.8) is 0 Å². The molecule has 1 amide bonds. The van der Waals surface area contributed by atoms with E-state index in [1.54, 1.807) is 0 Å². The van der Waals surface area contributed by atoms with Crippen molar-refractivity contribution in [2.24, 2.45) is 0 Å². The van der Waals surface area contributed by atoms with Crippen LogP contribution in [0.5, 0.6) is 5.75 Å². The SMILES string of the molecule is CCCCOc1ccc(NC(=O)OCCN2CCOCC2)cc1. The summed E-state index contributed by atoms with van der Waals surface area (Å²) in [5.74, 6) is 0.810. The number of amides is 1. The van der Waals surface area contributed by atoms with Gasteiger partial charge in [-0.1, -0.05) is 13.3 Å². The molecule has 0 bridgehead atoms. The summed E-state index contributed by atoms with van der Waals surface area (Å²) >= 11 is 0. The van der Waals surface area contributed by atoms with Gasteiger partial charge in [-0.05, 0) is 30.7 Å². The van der Waals surface area contributed by atoms with Crippen molar-refractivity contribution in [2.45, 2.75) is 19.8 Å². The number of anilines is 1. The Morgan fingerprint density at radius 2 is 1.96 bits per heavy atom. The second-order valence-corrected chi connectivity index (χ2v) is 5.44. The first kappa shape index (κ1) is 17.6. The molecule has 0 spiro atoms. The number of carbonyl (C=O) groups is 1. The Hall–Kier alpha value is -1.79. The summed E-state index contributed by atoms with van der Waals surface area (Å²) in [5.41, 5.74) is 0.698. The molecule has 6 nitrogen and oxygen atoms in total. The lowest BCUT2D eigenvalue weighted by Gasteiger charge is -2.26. The maximum absolute atomic E-state index is 11.7. The van der Waals surface area contributed by atoms with Crippen LogP contribution in [0.3, 0.4) is 0 Å². The molecule has 128 valence electrons. The summed E-state index contributed by atoms with van der Waals surface area (Å²) in [6, 6.07) is 7.31. The van der Waals surface area contributed by atoms with E-state index in [1.807, 2.05) is 24.3 Å². The molecule has 0 aromatic heterocycles. The standard InChI is InChI=1S/C17H26N2O4/c1-2-3-11-22-16-6-4-15(5-7-16)18-17(20)23-14-10-19-8-12-21-13-9-19/h4-7H,2-3,8-14H2,1H3,(H,18,20). The van der Waals surface area contributed by atoms with Gasteiger partial charge in [0, 0.05) is 25.3 Å². The van der Waals surface area contributed by atoms with Gasteiger partial charge in [-0.2, -0.15) is 0 Å². The Balaban J connectivity index is 1.64. The van der Waals surface area contributed by atoms with E-state index in [1.165, 1.54) is 0 Å². The third kappa shape index (κ3) is 6.88. The number of benzene rings is 1. The first-order valence-corrected chi connectivity index (χ1v) is 8.24. The molecule has 23 heavy (non-hydrogen) atoms. The van der Waals surface area contributed by atoms with Crippen LogP contribution in [0.4, 0.5) is 10.5 Å². The summed E-state index contributed by atoms with van der Waals surface area (Å²) in [5, 5.41) is 2.71. The van der Waals surface area contributed by atoms with Crippen molar-refractivity contribution in [1.82, 2.24) is 4.90 Å². The molecule has 0 aliphatic carbocycles. The van der Waals surface area contributed by atoms with E-state index in [9.17, 15) is 4.79 Å². The molecule has 1 heterocycles. The molecule has 1 N–H and O–H groups in total. The summed E-state index contributed by atoms with van der Waals surface area (Å²) < 4.78 is 16.0. The molecule has 0 radical (unpaired) electrons. The molecule has 0 unspecified atom stereocenters. The van der Waals surface area contributed by atoms with Gasteiger partial charge < -0.3 is 14.2 Å². The first-order chi connectivity index (χ1) is 11.3. The lowest BCUT2D eigenvalue weighted by atomic mass is 10.3. The zero-order valence-corrected chi connectivity index (χ0v) is 13.8. The van der Waals surface area contributed by atoms with E-state index >= 15 is 0 Å². The van der Waals surface area contributed by atoms with Crippen LogP contribution in [0.15, 0.2) is 24.3 Å². The van der Waals surface area contributed by atoms with Gasteiger partial charge in [0.05, 0.1) is 19.8 Å². The van der Waals surface area contributed by atoms with Gasteiger partial charge in [-0.3, -0.25) is 10.2 Å². The molecule has 2 rings (SSSR count). The van der Waals surface area contributed by atoms with E-state index in [4.69, 9.17) is 14.2 Å². The molecule has 1 aliphatic heterocycles. The van der Waals surface area contributed by atoms with Gasteiger partial charge in [-0.15, -0.1) is 0 Å². The molecule has 1 fully saturated rings. The number of hydrogen-bond acceptors (Lipinski definition) is 5. The normalized spacial score (nSPS) is 15.2. The number of rotatable bonds is 8. The molecule has 1 aromatic carbocycles. The highest BCUT2D eigenvalue weighted by Gasteiger charge is 2.11. The first-order valence-electron chi connectivity index (χ1n) is 8.24. The zero-order chi connectivity index (χ0) is 16.3. The van der Waals surface area contributed by atoms with Gasteiger partial charge >= 0.3 is 6.09 Å². The number of hydrogen-bond donors (Lipinski definition) is 1. The van der Waals surface area contributed by atoms with Crippen molar-refractivity contribution < 1.29 is 19.0 Å². The number of nitrogens with one attached hydrogen (secondary N) is 1. The predicted octanol–water partition coefficient (Wildman–Crippen LogP) is 2.75. The quantitative estimate of drug-likeness (QED) is 0.746. The molecule has 0 atom stereocenters. The molecule has 1 saturated heterocycles. The molecular formula is C17H26N2O4. The van der Waals surface area contributed by atoms with Crippen molar-refractivity contribution in [3.05, 3.63) is 24.3 Å². The minimum Gasteiger partial charge on any atom is -0.494 e. The highest BCUT2D eigenvalue weighted by molar-refractivity contribution is 5.84. The summed E-state index contributed by atoms with van der Waals surface area (Å²) in [6.07, 6.45) is 1.71. The predicted molar refractivity (Wildman–Crippen MR) is 89.1 cm³/mol. The van der Waals surface area contributed by atoms with Crippen LogP contribution < -0.4 is 10.1 Å². The molecule has 0 saturated carbocycles. The van der Waals surface area contributed by atoms with E-state index < -0.39 is 6.09 Å². The van der Waals surface area contributed by atoms with Crippen LogP contribution in [0.25, 0.3) is 0 Å². The van der Waals surface area contributed by atoms with Gasteiger partial charge in [0.1, 0.15) is 12.4 Å². The Bertz CT molecular complexity index is 458. The monoisotopic (exact) mass is 322 g/mol. The molecular weight excluding hydrogens is 296 g/mol. The minimum atomic E-state index is -0.432. The number of ether oxygens (including phenoxy) is 3. The van der Waals surface area contributed by atoms with Crippen LogP contribution in [-0.2, 0) is 9.47 Å². The van der Waals surface area contributed by atoms with E-state index in [-0.39, 0.29) is 0 Å². The van der Waals surface area contributed by atoms with Crippen LogP contribution >= 0.6 is 0 Å². The van der Waals surface area contributed by atoms with Crippen molar-refractivity contribution in [2.75, 3.05) is 51.4 Å². The summed E-state index contributed by atoms with van der Waals surface area (Å²) in [4.78, 5) is 14.0. The molecule has 1 aromatic rings. The molecule has 1 aliphatic rings. The fraction of sp³-hybridized carbons (Fsp3) is 0.588. The topological polar surface area (TPSA) is 60.0 Å².